The number of anilines is 1. The minimum atomic E-state index is -1.49. The van der Waals surface area contributed by atoms with Gasteiger partial charge in [0.2, 0.25) is 5.91 Å². The van der Waals surface area contributed by atoms with E-state index in [1.54, 1.807) is 12.1 Å². The van der Waals surface area contributed by atoms with Crippen LogP contribution in [0, 0.1) is 0 Å². The van der Waals surface area contributed by atoms with Gasteiger partial charge in [-0.1, -0.05) is 88.4 Å². The molecule has 2 rings (SSSR count). The molecule has 40 heavy (non-hydrogen) atoms. The number of benzene rings is 2. The molecule has 2 unspecified atom stereocenters. The predicted molar refractivity (Wildman–Crippen MR) is 158 cm³/mol. The number of rotatable bonds is 18. The summed E-state index contributed by atoms with van der Waals surface area (Å²) in [5, 5.41) is 1.24. The van der Waals surface area contributed by atoms with Crippen LogP contribution in [0.1, 0.15) is 98.8 Å². The molecule has 0 aliphatic rings. The van der Waals surface area contributed by atoms with Crippen LogP contribution in [0.4, 0.5) is 5.69 Å². The van der Waals surface area contributed by atoms with Crippen molar-refractivity contribution in [1.29, 1.82) is 0 Å². The van der Waals surface area contributed by atoms with Gasteiger partial charge in [-0.2, -0.15) is 0 Å². The standard InChI is InChI=1S/C31H39Cl2NO6/c1-3-4-5-6-7-8-9-10-11-14-21-39-30(37)22(2)40-31(38)23-17-19-24(20-18-23)34-29(36)27(33)28(35)25-15-12-13-16-26(25)32/h12-13,15-20,22,27H,3-11,14,21H2,1-2H3,(H,34,36). The second-order valence-electron chi connectivity index (χ2n) is 9.67. The van der Waals surface area contributed by atoms with Crippen LogP contribution in [-0.4, -0.2) is 41.7 Å². The predicted octanol–water partition coefficient (Wildman–Crippen LogP) is 7.78. The molecule has 0 aromatic heterocycles. The first-order chi connectivity index (χ1) is 19.2. The van der Waals surface area contributed by atoms with Gasteiger partial charge >= 0.3 is 11.9 Å². The van der Waals surface area contributed by atoms with Crippen LogP contribution >= 0.6 is 23.2 Å². The molecule has 2 atom stereocenters. The van der Waals surface area contributed by atoms with Crippen molar-refractivity contribution in [3.8, 4) is 0 Å². The van der Waals surface area contributed by atoms with Gasteiger partial charge in [0.05, 0.1) is 17.2 Å². The molecule has 1 N–H and O–H groups in total. The Morgan fingerprint density at radius 3 is 2.00 bits per heavy atom. The van der Waals surface area contributed by atoms with Gasteiger partial charge in [0.1, 0.15) is 0 Å². The third-order valence-corrected chi connectivity index (χ3v) is 7.07. The summed E-state index contributed by atoms with van der Waals surface area (Å²) < 4.78 is 10.5. The van der Waals surface area contributed by atoms with E-state index in [9.17, 15) is 19.2 Å². The van der Waals surface area contributed by atoms with Crippen LogP contribution < -0.4 is 5.32 Å². The molecule has 2 aromatic carbocycles. The van der Waals surface area contributed by atoms with E-state index in [0.717, 1.165) is 19.3 Å². The molecule has 7 nitrogen and oxygen atoms in total. The zero-order valence-corrected chi connectivity index (χ0v) is 24.8. The summed E-state index contributed by atoms with van der Waals surface area (Å²) in [7, 11) is 0. The first kappa shape index (κ1) is 33.3. The summed E-state index contributed by atoms with van der Waals surface area (Å²) in [6.45, 7) is 3.98. The molecule has 0 radical (unpaired) electrons. The number of hydrogen-bond donors (Lipinski definition) is 1. The Morgan fingerprint density at radius 2 is 1.40 bits per heavy atom. The molecule has 0 saturated heterocycles. The molecule has 2 aromatic rings. The fourth-order valence-electron chi connectivity index (χ4n) is 3.97. The third kappa shape index (κ3) is 11.7. The molecule has 0 bridgehead atoms. The van der Waals surface area contributed by atoms with Crippen molar-refractivity contribution in [3.05, 3.63) is 64.7 Å². The van der Waals surface area contributed by atoms with Crippen molar-refractivity contribution >= 4 is 52.5 Å². The maximum absolute atomic E-state index is 12.5. The van der Waals surface area contributed by atoms with E-state index in [0.29, 0.717) is 12.3 Å². The lowest BCUT2D eigenvalue weighted by atomic mass is 10.1. The van der Waals surface area contributed by atoms with Crippen molar-refractivity contribution in [2.24, 2.45) is 0 Å². The van der Waals surface area contributed by atoms with Crippen molar-refractivity contribution in [3.63, 3.8) is 0 Å². The number of alkyl halides is 1. The topological polar surface area (TPSA) is 98.8 Å². The molecule has 0 aliphatic heterocycles. The monoisotopic (exact) mass is 591 g/mol. The molecule has 0 aliphatic carbocycles. The van der Waals surface area contributed by atoms with Crippen LogP contribution in [0.3, 0.4) is 0 Å². The molecule has 9 heteroatoms. The Kier molecular flexibility index (Phi) is 15.4. The van der Waals surface area contributed by atoms with Crippen molar-refractivity contribution in [2.75, 3.05) is 11.9 Å². The highest BCUT2D eigenvalue weighted by molar-refractivity contribution is 6.47. The summed E-state index contributed by atoms with van der Waals surface area (Å²) in [5.74, 6) is -2.66. The largest absolute Gasteiger partial charge is 0.463 e. The van der Waals surface area contributed by atoms with Crippen LogP contribution in [-0.2, 0) is 19.1 Å². The minimum Gasteiger partial charge on any atom is -0.463 e. The van der Waals surface area contributed by atoms with E-state index in [4.69, 9.17) is 32.7 Å². The molecule has 0 saturated carbocycles. The third-order valence-electron chi connectivity index (χ3n) is 6.35. The van der Waals surface area contributed by atoms with Crippen LogP contribution in [0.5, 0.6) is 0 Å². The number of carbonyl (C=O) groups excluding carboxylic acids is 4. The summed E-state index contributed by atoms with van der Waals surface area (Å²) in [6, 6.07) is 12.1. The highest BCUT2D eigenvalue weighted by Crippen LogP contribution is 2.20. The number of halogens is 2. The fraction of sp³-hybridized carbons (Fsp3) is 0.484. The van der Waals surface area contributed by atoms with Gasteiger partial charge < -0.3 is 14.8 Å². The van der Waals surface area contributed by atoms with E-state index < -0.39 is 35.1 Å². The normalized spacial score (nSPS) is 12.3. The molecule has 218 valence electrons. The highest BCUT2D eigenvalue weighted by Gasteiger charge is 2.27. The number of Topliss-reactive ketones (excluding diaryl/α,β-unsaturated/α-hetero) is 1. The average Bonchev–Trinajstić information content (AvgIpc) is 2.95. The molecular formula is C31H39Cl2NO6. The summed E-state index contributed by atoms with van der Waals surface area (Å²) in [5.41, 5.74) is 0.651. The van der Waals surface area contributed by atoms with Gasteiger partial charge in [-0.3, -0.25) is 9.59 Å². The Balaban J connectivity index is 1.69. The first-order valence-corrected chi connectivity index (χ1v) is 14.8. The quantitative estimate of drug-likeness (QED) is 0.0624. The van der Waals surface area contributed by atoms with E-state index in [-0.39, 0.29) is 16.1 Å². The number of nitrogens with one attached hydrogen (secondary N) is 1. The number of ketones is 1. The second kappa shape index (κ2) is 18.4. The first-order valence-electron chi connectivity index (χ1n) is 14.0. The summed E-state index contributed by atoms with van der Waals surface area (Å²) in [4.78, 5) is 49.6. The van der Waals surface area contributed by atoms with Crippen molar-refractivity contribution in [1.82, 2.24) is 0 Å². The Hall–Kier alpha value is -2.90. The summed E-state index contributed by atoms with van der Waals surface area (Å²) >= 11 is 12.1. The number of hydrogen-bond acceptors (Lipinski definition) is 6. The second-order valence-corrected chi connectivity index (χ2v) is 10.5. The van der Waals surface area contributed by atoms with Crippen LogP contribution in [0.15, 0.2) is 48.5 Å². The van der Waals surface area contributed by atoms with Gasteiger partial charge in [0.15, 0.2) is 17.3 Å². The van der Waals surface area contributed by atoms with Gasteiger partial charge in [-0.25, -0.2) is 9.59 Å². The fourth-order valence-corrected chi connectivity index (χ4v) is 4.37. The number of amides is 1. The highest BCUT2D eigenvalue weighted by atomic mass is 35.5. The Bertz CT molecular complexity index is 1110. The van der Waals surface area contributed by atoms with Crippen LogP contribution in [0.2, 0.25) is 5.02 Å². The average molecular weight is 593 g/mol. The number of esters is 2. The maximum Gasteiger partial charge on any atom is 0.347 e. The SMILES string of the molecule is CCCCCCCCCCCCOC(=O)C(C)OC(=O)c1ccc(NC(=O)C(Cl)C(=O)c2ccccc2Cl)cc1. The Morgan fingerprint density at radius 1 is 0.825 bits per heavy atom. The molecule has 0 heterocycles. The van der Waals surface area contributed by atoms with E-state index >= 15 is 0 Å². The zero-order valence-electron chi connectivity index (χ0n) is 23.3. The molecule has 0 spiro atoms. The van der Waals surface area contributed by atoms with Crippen LogP contribution in [0.25, 0.3) is 0 Å². The lowest BCUT2D eigenvalue weighted by molar-refractivity contribution is -0.153. The van der Waals surface area contributed by atoms with Gasteiger partial charge in [-0.05, 0) is 49.7 Å². The van der Waals surface area contributed by atoms with Gasteiger partial charge in [0, 0.05) is 11.3 Å². The van der Waals surface area contributed by atoms with Gasteiger partial charge in [-0.15, -0.1) is 11.6 Å². The molecular weight excluding hydrogens is 553 g/mol. The lowest BCUT2D eigenvalue weighted by Crippen LogP contribution is -2.30. The number of ether oxygens (including phenoxy) is 2. The number of carbonyl (C=O) groups is 4. The minimum absolute atomic E-state index is 0.147. The smallest absolute Gasteiger partial charge is 0.347 e. The Labute approximate surface area is 246 Å². The van der Waals surface area contributed by atoms with Gasteiger partial charge in [0.25, 0.3) is 0 Å². The zero-order chi connectivity index (χ0) is 29.3. The maximum atomic E-state index is 12.5. The van der Waals surface area contributed by atoms with E-state index in [1.807, 2.05) is 0 Å². The lowest BCUT2D eigenvalue weighted by Gasteiger charge is -2.13. The molecule has 1 amide bonds. The van der Waals surface area contributed by atoms with E-state index in [2.05, 4.69) is 12.2 Å². The van der Waals surface area contributed by atoms with Crippen molar-refractivity contribution in [2.45, 2.75) is 89.5 Å². The number of unbranched alkanes of at least 4 members (excludes halogenated alkanes) is 9. The van der Waals surface area contributed by atoms with Crippen molar-refractivity contribution < 1.29 is 28.7 Å². The van der Waals surface area contributed by atoms with E-state index in [1.165, 1.54) is 88.3 Å². The molecule has 0 fully saturated rings. The summed E-state index contributed by atoms with van der Waals surface area (Å²) in [6.07, 6.45) is 10.8.